The Balaban J connectivity index is 1.56. The lowest BCUT2D eigenvalue weighted by molar-refractivity contribution is -0.147. The van der Waals surface area contributed by atoms with Crippen LogP contribution in [0.5, 0.6) is 0 Å². The highest BCUT2D eigenvalue weighted by atomic mass is 16.6. The van der Waals surface area contributed by atoms with Gasteiger partial charge in [0.1, 0.15) is 6.61 Å². The molecular weight excluding hydrogens is 480 g/mol. The Morgan fingerprint density at radius 1 is 0.641 bits per heavy atom. The lowest BCUT2D eigenvalue weighted by Crippen LogP contribution is -2.49. The van der Waals surface area contributed by atoms with Crippen molar-refractivity contribution >= 4 is 5.97 Å². The molecule has 0 spiro atoms. The summed E-state index contributed by atoms with van der Waals surface area (Å²) in [7, 11) is 0. The zero-order chi connectivity index (χ0) is 27.8. The van der Waals surface area contributed by atoms with Gasteiger partial charge in [-0.25, -0.2) is 4.79 Å². The van der Waals surface area contributed by atoms with Crippen molar-refractivity contribution in [1.82, 2.24) is 0 Å². The number of hydrogen-bond donors (Lipinski definition) is 0. The number of hydrogen-bond acceptors (Lipinski definition) is 3. The van der Waals surface area contributed by atoms with Gasteiger partial charge in [-0.3, -0.25) is 0 Å². The van der Waals surface area contributed by atoms with Gasteiger partial charge in [0.2, 0.25) is 0 Å². The van der Waals surface area contributed by atoms with Gasteiger partial charge in [0.15, 0.2) is 0 Å². The Hall–Kier alpha value is -0.830. The fraction of sp³-hybridized carbons (Fsp3) is 0.917. The van der Waals surface area contributed by atoms with Gasteiger partial charge in [-0.2, -0.15) is 0 Å². The molecule has 0 aromatic rings. The second kappa shape index (κ2) is 15.4. The molecule has 0 aromatic heterocycles. The molecule has 3 heteroatoms. The number of carbonyl (C=O) groups excluding carboxylic acids is 1. The molecule has 3 nitrogen and oxygen atoms in total. The molecule has 4 aliphatic rings. The van der Waals surface area contributed by atoms with Crippen LogP contribution in [0.25, 0.3) is 0 Å². The first-order valence-corrected chi connectivity index (χ1v) is 17.3. The lowest BCUT2D eigenvalue weighted by Gasteiger charge is -2.51. The van der Waals surface area contributed by atoms with Crippen molar-refractivity contribution < 1.29 is 14.3 Å². The topological polar surface area (TPSA) is 35.5 Å². The normalized spacial score (nSPS) is 32.3. The molecule has 5 atom stereocenters. The summed E-state index contributed by atoms with van der Waals surface area (Å²) >= 11 is 0. The van der Waals surface area contributed by atoms with Crippen LogP contribution in [0, 0.1) is 53.3 Å². The fourth-order valence-corrected chi connectivity index (χ4v) is 9.59. The minimum Gasteiger partial charge on any atom is -0.460 e. The zero-order valence-electron chi connectivity index (χ0n) is 26.1. The summed E-state index contributed by atoms with van der Waals surface area (Å²) in [6, 6.07) is 0. The number of rotatable bonds is 11. The van der Waals surface area contributed by atoms with Crippen LogP contribution >= 0.6 is 0 Å². The molecule has 39 heavy (non-hydrogen) atoms. The number of esters is 1. The van der Waals surface area contributed by atoms with Crippen molar-refractivity contribution in [2.24, 2.45) is 53.3 Å². The summed E-state index contributed by atoms with van der Waals surface area (Å²) in [4.78, 5) is 12.0. The summed E-state index contributed by atoms with van der Waals surface area (Å²) in [5, 5.41) is 0. The summed E-state index contributed by atoms with van der Waals surface area (Å²) < 4.78 is 12.4. The average Bonchev–Trinajstić information content (AvgIpc) is 2.99. The Bertz CT molecular complexity index is 708. The van der Waals surface area contributed by atoms with Crippen LogP contribution in [0.2, 0.25) is 0 Å². The van der Waals surface area contributed by atoms with Gasteiger partial charge in [-0.05, 0) is 73.0 Å². The monoisotopic (exact) mass is 542 g/mol. The van der Waals surface area contributed by atoms with Gasteiger partial charge >= 0.3 is 5.97 Å². The van der Waals surface area contributed by atoms with Gasteiger partial charge in [-0.1, -0.05) is 124 Å². The van der Waals surface area contributed by atoms with Crippen LogP contribution in [-0.4, -0.2) is 25.3 Å². The Labute approximate surface area is 241 Å². The highest BCUT2D eigenvalue weighted by Gasteiger charge is 2.47. The van der Waals surface area contributed by atoms with E-state index in [2.05, 4.69) is 27.4 Å². The van der Waals surface area contributed by atoms with E-state index >= 15 is 0 Å². The maximum atomic E-state index is 12.0. The van der Waals surface area contributed by atoms with Gasteiger partial charge < -0.3 is 9.47 Å². The summed E-state index contributed by atoms with van der Waals surface area (Å²) in [6.07, 6.45) is 24.4. The highest BCUT2D eigenvalue weighted by molar-refractivity contribution is 5.86. The molecule has 0 aliphatic heterocycles. The molecule has 0 radical (unpaired) electrons. The molecule has 4 aliphatic carbocycles. The molecule has 0 N–H and O–H groups in total. The van der Waals surface area contributed by atoms with E-state index in [1.54, 1.807) is 6.92 Å². The molecule has 0 heterocycles. The molecule has 0 amide bonds. The standard InChI is InChI=1S/C36H62O3/c1-25(2)36(37)39-22-21-38-35-33(27(4)30-17-11-7-12-18-30)23-32(26(3)29-15-9-6-10-16-29)24-34(35)28(5)31-19-13-8-14-20-31/h26-35H,1,6-24H2,2-5H3. The third-order valence-corrected chi connectivity index (χ3v) is 12.2. The minimum atomic E-state index is -0.289. The molecule has 0 aromatic carbocycles. The highest BCUT2D eigenvalue weighted by Crippen LogP contribution is 2.52. The number of ether oxygens (including phenoxy) is 2. The zero-order valence-corrected chi connectivity index (χ0v) is 26.1. The average molecular weight is 543 g/mol. The predicted octanol–water partition coefficient (Wildman–Crippen LogP) is 9.78. The minimum absolute atomic E-state index is 0.289. The molecule has 0 bridgehead atoms. The number of carbonyl (C=O) groups is 1. The van der Waals surface area contributed by atoms with Crippen LogP contribution in [-0.2, 0) is 14.3 Å². The van der Waals surface area contributed by atoms with Gasteiger partial charge in [0, 0.05) is 5.57 Å². The van der Waals surface area contributed by atoms with E-state index in [0.717, 1.165) is 41.4 Å². The summed E-state index contributed by atoms with van der Waals surface area (Å²) in [6.45, 7) is 14.1. The molecule has 224 valence electrons. The maximum absolute atomic E-state index is 12.0. The smallest absolute Gasteiger partial charge is 0.333 e. The second-order valence-electron chi connectivity index (χ2n) is 14.6. The van der Waals surface area contributed by atoms with Crippen LogP contribution < -0.4 is 0 Å². The van der Waals surface area contributed by atoms with Crippen molar-refractivity contribution in [2.45, 2.75) is 143 Å². The lowest BCUT2D eigenvalue weighted by atomic mass is 9.57. The van der Waals surface area contributed by atoms with Crippen molar-refractivity contribution in [3.8, 4) is 0 Å². The van der Waals surface area contributed by atoms with Crippen LogP contribution in [0.1, 0.15) is 137 Å². The molecule has 0 saturated heterocycles. The van der Waals surface area contributed by atoms with E-state index in [1.165, 1.54) is 109 Å². The van der Waals surface area contributed by atoms with Crippen molar-refractivity contribution in [1.29, 1.82) is 0 Å². The van der Waals surface area contributed by atoms with Crippen LogP contribution in [0.15, 0.2) is 12.2 Å². The van der Waals surface area contributed by atoms with Gasteiger partial charge in [-0.15, -0.1) is 0 Å². The molecule has 5 unspecified atom stereocenters. The van der Waals surface area contributed by atoms with Gasteiger partial charge in [0.25, 0.3) is 0 Å². The first-order valence-electron chi connectivity index (χ1n) is 17.3. The quantitative estimate of drug-likeness (QED) is 0.148. The third kappa shape index (κ3) is 8.36. The summed E-state index contributed by atoms with van der Waals surface area (Å²) in [5.74, 6) is 6.71. The molecular formula is C36H62O3. The van der Waals surface area contributed by atoms with E-state index in [9.17, 15) is 4.79 Å². The van der Waals surface area contributed by atoms with Crippen LogP contribution in [0.4, 0.5) is 0 Å². The van der Waals surface area contributed by atoms with Crippen LogP contribution in [0.3, 0.4) is 0 Å². The van der Waals surface area contributed by atoms with Crippen molar-refractivity contribution in [3.05, 3.63) is 12.2 Å². The van der Waals surface area contributed by atoms with Gasteiger partial charge in [0.05, 0.1) is 12.7 Å². The fourth-order valence-electron chi connectivity index (χ4n) is 9.59. The molecule has 4 fully saturated rings. The van der Waals surface area contributed by atoms with Crippen molar-refractivity contribution in [3.63, 3.8) is 0 Å². The second-order valence-corrected chi connectivity index (χ2v) is 14.6. The van der Waals surface area contributed by atoms with E-state index in [1.807, 2.05) is 0 Å². The first kappa shape index (κ1) is 31.1. The molecule has 4 saturated carbocycles. The maximum Gasteiger partial charge on any atom is 0.333 e. The molecule has 4 rings (SSSR count). The van der Waals surface area contributed by atoms with E-state index in [4.69, 9.17) is 9.47 Å². The third-order valence-electron chi connectivity index (χ3n) is 12.2. The van der Waals surface area contributed by atoms with Crippen molar-refractivity contribution in [2.75, 3.05) is 13.2 Å². The van der Waals surface area contributed by atoms with E-state index in [0.29, 0.717) is 36.7 Å². The Morgan fingerprint density at radius 2 is 1.05 bits per heavy atom. The summed E-state index contributed by atoms with van der Waals surface area (Å²) in [5.41, 5.74) is 0.472. The van der Waals surface area contributed by atoms with E-state index in [-0.39, 0.29) is 5.97 Å². The Kier molecular flexibility index (Phi) is 12.3. The first-order chi connectivity index (χ1) is 18.9. The predicted molar refractivity (Wildman–Crippen MR) is 162 cm³/mol. The largest absolute Gasteiger partial charge is 0.460 e. The SMILES string of the molecule is C=C(C)C(=O)OCCOC1C(C(C)C2CCCCC2)CC(C(C)C2CCCCC2)CC1C(C)C1CCCCC1. The van der Waals surface area contributed by atoms with E-state index < -0.39 is 0 Å². The Morgan fingerprint density at radius 3 is 1.46 bits per heavy atom.